The highest BCUT2D eigenvalue weighted by Gasteiger charge is 2.62. The molecule has 0 aliphatic heterocycles. The zero-order valence-electron chi connectivity index (χ0n) is 29.5. The summed E-state index contributed by atoms with van der Waals surface area (Å²) in [6.45, 7) is 14.5. The number of aliphatic hydroxyl groups excluding tert-OH is 3. The third kappa shape index (κ3) is 7.26. The summed E-state index contributed by atoms with van der Waals surface area (Å²) in [7, 11) is 0. The van der Waals surface area contributed by atoms with Crippen molar-refractivity contribution in [1.82, 2.24) is 0 Å². The zero-order chi connectivity index (χ0) is 33.4. The first kappa shape index (κ1) is 35.8. The number of carbonyl (C=O) groups is 1. The van der Waals surface area contributed by atoms with E-state index in [1.807, 2.05) is 13.8 Å². The number of fused-ring (bicyclic) bond motifs is 5. The van der Waals surface area contributed by atoms with Gasteiger partial charge < -0.3 is 25.2 Å². The Morgan fingerprint density at radius 2 is 1.48 bits per heavy atom. The third-order valence-electron chi connectivity index (χ3n) is 14.3. The Hall–Kier alpha value is -1.47. The number of carboxylic acids is 1. The van der Waals surface area contributed by atoms with Gasteiger partial charge in [0.05, 0.1) is 23.4 Å². The van der Waals surface area contributed by atoms with Crippen LogP contribution >= 0.6 is 0 Å². The fraction of sp³-hybridized carbons (Fsp3) is 0.825. The minimum atomic E-state index is -1.06. The van der Waals surface area contributed by atoms with Crippen molar-refractivity contribution in [3.63, 3.8) is 0 Å². The normalized spacial score (nSPS) is 39.6. The molecule has 4 N–H and O–H groups in total. The van der Waals surface area contributed by atoms with Crippen LogP contribution in [0.4, 0.5) is 0 Å². The highest BCUT2D eigenvalue weighted by Crippen LogP contribution is 2.69. The fourth-order valence-corrected chi connectivity index (χ4v) is 11.1. The van der Waals surface area contributed by atoms with Gasteiger partial charge in [-0.3, -0.25) is 0 Å². The molecule has 1 aromatic rings. The van der Waals surface area contributed by atoms with Gasteiger partial charge >= 0.3 is 5.97 Å². The van der Waals surface area contributed by atoms with Gasteiger partial charge in [-0.05, 0) is 141 Å². The van der Waals surface area contributed by atoms with Crippen molar-refractivity contribution >= 4 is 5.97 Å². The standard InChI is InChI=1S/C33H58O4.C7H6O2/c1-20(2)28(34)30(36)29(35)21(3)25-11-12-26-24-10-9-23-19-31(4,37-18-14-22-7-8-22)16-17-32(23,5)27(24)13-15-33(25,26)6;8-7(9)6-4-2-1-3-5-6/h20-30,34-36H,7-19H2,1-6H3;1-5H,(H,8,9)/t21?,23-,24?,25?,26?,27?,28?,29?,30?,31?,32?,33?;/m0./s1. The molecule has 0 amide bonds. The lowest BCUT2D eigenvalue weighted by atomic mass is 9.43. The van der Waals surface area contributed by atoms with Crippen LogP contribution in [0.2, 0.25) is 0 Å². The molecule has 260 valence electrons. The van der Waals surface area contributed by atoms with Gasteiger partial charge in [-0.25, -0.2) is 4.79 Å². The van der Waals surface area contributed by atoms with Crippen molar-refractivity contribution in [1.29, 1.82) is 0 Å². The van der Waals surface area contributed by atoms with Crippen molar-refractivity contribution in [2.45, 2.75) is 143 Å². The molecule has 0 aromatic heterocycles. The zero-order valence-corrected chi connectivity index (χ0v) is 29.5. The molecular weight excluding hydrogens is 576 g/mol. The van der Waals surface area contributed by atoms with Gasteiger partial charge in [-0.1, -0.05) is 65.7 Å². The highest BCUT2D eigenvalue weighted by molar-refractivity contribution is 5.87. The fourth-order valence-electron chi connectivity index (χ4n) is 11.1. The summed E-state index contributed by atoms with van der Waals surface area (Å²) in [6.07, 6.45) is 12.8. The van der Waals surface area contributed by atoms with Crippen LogP contribution in [0.25, 0.3) is 0 Å². The minimum absolute atomic E-state index is 0.00468. The average molecular weight is 641 g/mol. The second kappa shape index (κ2) is 14.2. The molecule has 12 atom stereocenters. The Morgan fingerprint density at radius 3 is 2.09 bits per heavy atom. The van der Waals surface area contributed by atoms with Crippen molar-refractivity contribution in [3.05, 3.63) is 35.9 Å². The van der Waals surface area contributed by atoms with Crippen molar-refractivity contribution in [2.75, 3.05) is 6.61 Å². The van der Waals surface area contributed by atoms with E-state index in [1.165, 1.54) is 70.6 Å². The number of carboxylic acid groups (broad SMARTS) is 1. The predicted octanol–water partition coefficient (Wildman–Crippen LogP) is 7.98. The molecule has 46 heavy (non-hydrogen) atoms. The van der Waals surface area contributed by atoms with Gasteiger partial charge in [-0.15, -0.1) is 0 Å². The van der Waals surface area contributed by atoms with E-state index in [2.05, 4.69) is 27.7 Å². The number of benzene rings is 1. The maximum absolute atomic E-state index is 11.1. The van der Waals surface area contributed by atoms with Crippen LogP contribution in [0.15, 0.2) is 30.3 Å². The van der Waals surface area contributed by atoms with E-state index in [0.29, 0.717) is 16.9 Å². The van der Waals surface area contributed by atoms with Crippen molar-refractivity contribution < 1.29 is 30.0 Å². The molecule has 5 fully saturated rings. The summed E-state index contributed by atoms with van der Waals surface area (Å²) in [6, 6.07) is 8.30. The molecule has 5 aliphatic rings. The van der Waals surface area contributed by atoms with Crippen LogP contribution in [0.5, 0.6) is 0 Å². The summed E-state index contributed by atoms with van der Waals surface area (Å²) >= 11 is 0. The van der Waals surface area contributed by atoms with E-state index in [0.717, 1.165) is 42.6 Å². The van der Waals surface area contributed by atoms with Gasteiger partial charge in [-0.2, -0.15) is 0 Å². The monoisotopic (exact) mass is 640 g/mol. The van der Waals surface area contributed by atoms with Crippen LogP contribution in [-0.4, -0.2) is 56.9 Å². The Bertz CT molecular complexity index is 1150. The van der Waals surface area contributed by atoms with E-state index in [9.17, 15) is 20.1 Å². The molecule has 6 heteroatoms. The smallest absolute Gasteiger partial charge is 0.335 e. The average Bonchev–Trinajstić information content (AvgIpc) is 3.79. The largest absolute Gasteiger partial charge is 0.478 e. The van der Waals surface area contributed by atoms with Crippen molar-refractivity contribution in [2.24, 2.45) is 58.2 Å². The Labute approximate surface area is 278 Å². The molecule has 0 radical (unpaired) electrons. The summed E-state index contributed by atoms with van der Waals surface area (Å²) in [5.41, 5.74) is 1.10. The number of ether oxygens (including phenoxy) is 1. The molecular formula is C40H64O6. The molecule has 5 aliphatic carbocycles. The number of aliphatic hydroxyl groups is 3. The second-order valence-electron chi connectivity index (χ2n) is 17.4. The topological polar surface area (TPSA) is 107 Å². The van der Waals surface area contributed by atoms with E-state index < -0.39 is 24.3 Å². The van der Waals surface area contributed by atoms with Crippen LogP contribution in [-0.2, 0) is 4.74 Å². The number of hydrogen-bond donors (Lipinski definition) is 4. The molecule has 6 rings (SSSR count). The summed E-state index contributed by atoms with van der Waals surface area (Å²) in [5.74, 6) is 3.60. The lowest BCUT2D eigenvalue weighted by Gasteiger charge is -2.62. The third-order valence-corrected chi connectivity index (χ3v) is 14.3. The minimum Gasteiger partial charge on any atom is -0.478 e. The first-order chi connectivity index (χ1) is 21.7. The van der Waals surface area contributed by atoms with Crippen LogP contribution in [0.3, 0.4) is 0 Å². The van der Waals surface area contributed by atoms with Crippen LogP contribution in [0, 0.1) is 58.2 Å². The first-order valence-corrected chi connectivity index (χ1v) is 18.7. The SMILES string of the molecule is CC(C)C(O)C(O)C(O)C(C)C1CCC2C3CC[C@H]4CC(C)(OCCC5CC5)CCC4(C)C3CCC12C.O=C(O)c1ccccc1. The molecule has 11 unspecified atom stereocenters. The van der Waals surface area contributed by atoms with Gasteiger partial charge in [0.1, 0.15) is 6.10 Å². The van der Waals surface area contributed by atoms with E-state index in [-0.39, 0.29) is 22.9 Å². The van der Waals surface area contributed by atoms with Gasteiger partial charge in [0.15, 0.2) is 0 Å². The lowest BCUT2D eigenvalue weighted by Crippen LogP contribution is -2.56. The van der Waals surface area contributed by atoms with E-state index in [4.69, 9.17) is 9.84 Å². The summed E-state index contributed by atoms with van der Waals surface area (Å²) < 4.78 is 6.59. The predicted molar refractivity (Wildman–Crippen MR) is 182 cm³/mol. The highest BCUT2D eigenvalue weighted by atomic mass is 16.5. The second-order valence-corrected chi connectivity index (χ2v) is 17.4. The van der Waals surface area contributed by atoms with Gasteiger partial charge in [0.25, 0.3) is 0 Å². The Balaban J connectivity index is 0.000000400. The maximum atomic E-state index is 11.1. The quantitative estimate of drug-likeness (QED) is 0.207. The Kier molecular flexibility index (Phi) is 11.0. The molecule has 6 nitrogen and oxygen atoms in total. The van der Waals surface area contributed by atoms with Gasteiger partial charge in [0, 0.05) is 6.61 Å². The molecule has 0 spiro atoms. The number of aromatic carboxylic acids is 1. The van der Waals surface area contributed by atoms with Crippen LogP contribution < -0.4 is 0 Å². The number of hydrogen-bond acceptors (Lipinski definition) is 5. The van der Waals surface area contributed by atoms with Crippen LogP contribution in [0.1, 0.15) is 129 Å². The molecule has 0 heterocycles. The maximum Gasteiger partial charge on any atom is 0.335 e. The first-order valence-electron chi connectivity index (χ1n) is 18.7. The number of rotatable bonds is 10. The molecule has 1 aromatic carbocycles. The van der Waals surface area contributed by atoms with Gasteiger partial charge in [0.2, 0.25) is 0 Å². The molecule has 0 bridgehead atoms. The molecule has 5 saturated carbocycles. The summed E-state index contributed by atoms with van der Waals surface area (Å²) in [4.78, 5) is 10.2. The van der Waals surface area contributed by atoms with Crippen molar-refractivity contribution in [3.8, 4) is 0 Å². The van der Waals surface area contributed by atoms with E-state index in [1.54, 1.807) is 30.3 Å². The molecule has 0 saturated heterocycles. The summed E-state index contributed by atoms with van der Waals surface area (Å²) in [5, 5.41) is 40.7. The lowest BCUT2D eigenvalue weighted by molar-refractivity contribution is -0.166. The van der Waals surface area contributed by atoms with E-state index >= 15 is 0 Å². The Morgan fingerprint density at radius 1 is 0.804 bits per heavy atom.